The van der Waals surface area contributed by atoms with Crippen LogP contribution in [-0.2, 0) is 0 Å². The lowest BCUT2D eigenvalue weighted by molar-refractivity contribution is 1.18. The molecule has 0 unspecified atom stereocenters. The highest BCUT2D eigenvalue weighted by atomic mass is 15.0. The van der Waals surface area contributed by atoms with Crippen molar-refractivity contribution in [2.24, 2.45) is 0 Å². The molecule has 0 saturated carbocycles. The van der Waals surface area contributed by atoms with E-state index in [4.69, 9.17) is 0 Å². The van der Waals surface area contributed by atoms with E-state index in [-0.39, 0.29) is 0 Å². The van der Waals surface area contributed by atoms with Crippen molar-refractivity contribution in [2.75, 3.05) is 0 Å². The van der Waals surface area contributed by atoms with Crippen molar-refractivity contribution in [3.63, 3.8) is 0 Å². The minimum absolute atomic E-state index is 1.17. The maximum absolute atomic E-state index is 2.51. The molecule has 0 N–H and O–H groups in total. The van der Waals surface area contributed by atoms with Crippen LogP contribution >= 0.6 is 0 Å². The lowest BCUT2D eigenvalue weighted by Gasteiger charge is -2.12. The van der Waals surface area contributed by atoms with Gasteiger partial charge in [-0.3, -0.25) is 0 Å². The van der Waals surface area contributed by atoms with E-state index in [0.717, 1.165) is 0 Å². The van der Waals surface area contributed by atoms with E-state index in [2.05, 4.69) is 167 Å². The summed E-state index contributed by atoms with van der Waals surface area (Å²) in [5.41, 5.74) is 12.6. The van der Waals surface area contributed by atoms with E-state index in [1.165, 1.54) is 98.8 Å². The Bertz CT molecular complexity index is 2900. The van der Waals surface area contributed by atoms with Crippen LogP contribution in [0.1, 0.15) is 0 Å². The number of hydrogen-bond donors (Lipinski definition) is 0. The molecular formula is C44H26N2. The normalized spacial score (nSPS) is 12.3. The quantitative estimate of drug-likeness (QED) is 0.192. The van der Waals surface area contributed by atoms with Gasteiger partial charge in [-0.05, 0) is 86.3 Å². The minimum Gasteiger partial charge on any atom is -0.309 e. The highest BCUT2D eigenvalue weighted by molar-refractivity contribution is 6.31. The van der Waals surface area contributed by atoms with Crippen LogP contribution in [0, 0.1) is 0 Å². The fourth-order valence-corrected chi connectivity index (χ4v) is 8.37. The van der Waals surface area contributed by atoms with Gasteiger partial charge in [-0.25, -0.2) is 0 Å². The Kier molecular flexibility index (Phi) is 4.61. The number of aromatic nitrogens is 2. The zero-order chi connectivity index (χ0) is 29.9. The van der Waals surface area contributed by atoms with Gasteiger partial charge in [0.15, 0.2) is 0 Å². The van der Waals surface area contributed by atoms with Crippen molar-refractivity contribution in [1.82, 2.24) is 9.13 Å². The zero-order valence-corrected chi connectivity index (χ0v) is 24.9. The highest BCUT2D eigenvalue weighted by Gasteiger charge is 2.25. The molecule has 2 heteroatoms. The molecule has 10 aromatic rings. The van der Waals surface area contributed by atoms with Crippen LogP contribution in [-0.4, -0.2) is 9.13 Å². The summed E-state index contributed by atoms with van der Waals surface area (Å²) >= 11 is 0. The van der Waals surface area contributed by atoms with E-state index >= 15 is 0 Å². The lowest BCUT2D eigenvalue weighted by Crippen LogP contribution is -1.96. The molecule has 2 heterocycles. The Morgan fingerprint density at radius 1 is 0.304 bits per heavy atom. The Morgan fingerprint density at radius 3 is 1.87 bits per heavy atom. The summed E-state index contributed by atoms with van der Waals surface area (Å²) in [5, 5.41) is 10.3. The zero-order valence-electron chi connectivity index (χ0n) is 24.9. The van der Waals surface area contributed by atoms with Crippen molar-refractivity contribution in [3.8, 4) is 33.6 Å². The first-order valence-electron chi connectivity index (χ1n) is 16.0. The van der Waals surface area contributed by atoms with E-state index < -0.39 is 0 Å². The fourth-order valence-electron chi connectivity index (χ4n) is 8.37. The molecule has 0 saturated heterocycles. The highest BCUT2D eigenvalue weighted by Crippen LogP contribution is 2.49. The van der Waals surface area contributed by atoms with Gasteiger partial charge in [-0.2, -0.15) is 0 Å². The predicted octanol–water partition coefficient (Wildman–Crippen LogP) is 11.8. The average molecular weight is 583 g/mol. The molecule has 0 fully saturated rings. The summed E-state index contributed by atoms with van der Waals surface area (Å²) in [6, 6.07) is 58.2. The number of nitrogens with zero attached hydrogens (tertiary/aromatic N) is 2. The lowest BCUT2D eigenvalue weighted by atomic mass is 10.0. The van der Waals surface area contributed by atoms with Gasteiger partial charge in [0, 0.05) is 32.9 Å². The van der Waals surface area contributed by atoms with Gasteiger partial charge >= 0.3 is 0 Å². The van der Waals surface area contributed by atoms with Crippen LogP contribution in [0.2, 0.25) is 0 Å². The average Bonchev–Trinajstić information content (AvgIpc) is 3.75. The van der Waals surface area contributed by atoms with Gasteiger partial charge in [0.1, 0.15) is 0 Å². The molecule has 1 aliphatic carbocycles. The Labute approximate surface area is 265 Å². The van der Waals surface area contributed by atoms with Crippen LogP contribution < -0.4 is 0 Å². The standard InChI is InChI=1S/C44H26N2/c1-2-13-29(14-3-1)46-38-20-9-8-18-34(38)36-22-24-40-43(44(36)46)42-31-15-5-4-11-27(31)21-23-39(42)45(40)30-25-28-12-10-19-35-32-16-6-7-17-33(32)37(26-30)41(28)35/h1-26H. The third-order valence-electron chi connectivity index (χ3n) is 10.2. The molecule has 0 aliphatic heterocycles. The summed E-state index contributed by atoms with van der Waals surface area (Å²) < 4.78 is 4.98. The summed E-state index contributed by atoms with van der Waals surface area (Å²) in [4.78, 5) is 0. The van der Waals surface area contributed by atoms with Crippen LogP contribution in [0.15, 0.2) is 158 Å². The summed E-state index contributed by atoms with van der Waals surface area (Å²) in [5.74, 6) is 0. The Morgan fingerprint density at radius 2 is 0.978 bits per heavy atom. The molecule has 46 heavy (non-hydrogen) atoms. The molecule has 0 spiro atoms. The van der Waals surface area contributed by atoms with Crippen molar-refractivity contribution in [2.45, 2.75) is 0 Å². The molecule has 2 nitrogen and oxygen atoms in total. The molecule has 1 aliphatic rings. The van der Waals surface area contributed by atoms with Crippen LogP contribution in [0.5, 0.6) is 0 Å². The Balaban J connectivity index is 1.37. The summed E-state index contributed by atoms with van der Waals surface area (Å²) in [7, 11) is 0. The number of hydrogen-bond acceptors (Lipinski definition) is 0. The van der Waals surface area contributed by atoms with Gasteiger partial charge < -0.3 is 9.13 Å². The summed E-state index contributed by atoms with van der Waals surface area (Å²) in [6.07, 6.45) is 0. The van der Waals surface area contributed by atoms with Gasteiger partial charge in [0.05, 0.1) is 22.1 Å². The number of fused-ring (bicyclic) bond motifs is 12. The van der Waals surface area contributed by atoms with Crippen LogP contribution in [0.4, 0.5) is 0 Å². The second-order valence-corrected chi connectivity index (χ2v) is 12.5. The SMILES string of the molecule is c1ccc(-n2c3ccccc3c3ccc4c(c5c6ccccc6ccc5n4-c4cc5c6c(cccc6c4)-c4ccccc4-5)c32)cc1. The van der Waals surface area contributed by atoms with Crippen molar-refractivity contribution >= 4 is 65.2 Å². The van der Waals surface area contributed by atoms with Gasteiger partial charge in [-0.1, -0.05) is 115 Å². The van der Waals surface area contributed by atoms with Crippen molar-refractivity contribution in [1.29, 1.82) is 0 Å². The van der Waals surface area contributed by atoms with E-state index in [1.807, 2.05) is 0 Å². The first-order chi connectivity index (χ1) is 22.8. The molecule has 0 bridgehead atoms. The third-order valence-corrected chi connectivity index (χ3v) is 10.2. The first-order valence-corrected chi connectivity index (χ1v) is 16.0. The molecule has 11 rings (SSSR count). The molecule has 0 atom stereocenters. The molecule has 0 amide bonds. The monoisotopic (exact) mass is 582 g/mol. The molecule has 8 aromatic carbocycles. The predicted molar refractivity (Wildman–Crippen MR) is 195 cm³/mol. The van der Waals surface area contributed by atoms with Crippen LogP contribution in [0.25, 0.3) is 98.8 Å². The maximum Gasteiger partial charge on any atom is 0.0641 e. The van der Waals surface area contributed by atoms with Gasteiger partial charge in [0.2, 0.25) is 0 Å². The van der Waals surface area contributed by atoms with Crippen molar-refractivity contribution < 1.29 is 0 Å². The first kappa shape index (κ1) is 24.2. The molecule has 0 radical (unpaired) electrons. The largest absolute Gasteiger partial charge is 0.309 e. The smallest absolute Gasteiger partial charge is 0.0641 e. The molecular weight excluding hydrogens is 556 g/mol. The fraction of sp³-hybridized carbons (Fsp3) is 0. The van der Waals surface area contributed by atoms with E-state index in [0.29, 0.717) is 0 Å². The second-order valence-electron chi connectivity index (χ2n) is 12.5. The third kappa shape index (κ3) is 3.01. The van der Waals surface area contributed by atoms with E-state index in [1.54, 1.807) is 0 Å². The summed E-state index contributed by atoms with van der Waals surface area (Å²) in [6.45, 7) is 0. The number of para-hydroxylation sites is 2. The second kappa shape index (κ2) is 8.74. The number of rotatable bonds is 2. The number of benzene rings is 8. The van der Waals surface area contributed by atoms with Crippen LogP contribution in [0.3, 0.4) is 0 Å². The van der Waals surface area contributed by atoms with Gasteiger partial charge in [-0.15, -0.1) is 0 Å². The van der Waals surface area contributed by atoms with E-state index in [9.17, 15) is 0 Å². The maximum atomic E-state index is 2.51. The molecule has 2 aromatic heterocycles. The minimum atomic E-state index is 1.17. The van der Waals surface area contributed by atoms with Gasteiger partial charge in [0.25, 0.3) is 0 Å². The van der Waals surface area contributed by atoms with Crippen molar-refractivity contribution in [3.05, 3.63) is 158 Å². The Hall–Kier alpha value is -6.12. The molecule has 212 valence electrons. The topological polar surface area (TPSA) is 9.86 Å².